The molecule has 0 aliphatic carbocycles. The predicted molar refractivity (Wildman–Crippen MR) is 129 cm³/mol. The van der Waals surface area contributed by atoms with Crippen LogP contribution in [0.5, 0.6) is 11.5 Å². The van der Waals surface area contributed by atoms with Gasteiger partial charge < -0.3 is 24.8 Å². The molecule has 0 radical (unpaired) electrons. The Labute approximate surface area is 194 Å². The van der Waals surface area contributed by atoms with E-state index in [1.165, 1.54) is 5.01 Å². The Morgan fingerprint density at radius 2 is 1.70 bits per heavy atom. The summed E-state index contributed by atoms with van der Waals surface area (Å²) in [7, 11) is 4.83. The number of hydrogen-bond donors (Lipinski definition) is 2. The van der Waals surface area contributed by atoms with Gasteiger partial charge in [0, 0.05) is 37.0 Å². The molecule has 1 fully saturated rings. The fraction of sp³-hybridized carbons (Fsp3) is 0.440. The summed E-state index contributed by atoms with van der Waals surface area (Å²) in [5.74, 6) is 1.27. The van der Waals surface area contributed by atoms with Crippen molar-refractivity contribution in [3.8, 4) is 11.5 Å². The molecule has 1 saturated heterocycles. The summed E-state index contributed by atoms with van der Waals surface area (Å²) in [5.41, 5.74) is 4.10. The topological polar surface area (TPSA) is 86.6 Å². The number of hydrazone groups is 1. The summed E-state index contributed by atoms with van der Waals surface area (Å²) >= 11 is 0. The Bertz CT molecular complexity index is 1040. The Kier molecular flexibility index (Phi) is 6.47. The molecule has 176 valence electrons. The molecule has 2 amide bonds. The lowest BCUT2D eigenvalue weighted by molar-refractivity contribution is 0.0351. The zero-order chi connectivity index (χ0) is 23.6. The number of methoxy groups -OCH3 is 2. The van der Waals surface area contributed by atoms with Crippen LogP contribution in [-0.4, -0.2) is 68.4 Å². The second-order valence-electron chi connectivity index (χ2n) is 8.77. The molecule has 2 aliphatic rings. The van der Waals surface area contributed by atoms with Gasteiger partial charge >= 0.3 is 6.03 Å². The largest absolute Gasteiger partial charge is 0.493 e. The maximum Gasteiger partial charge on any atom is 0.337 e. The summed E-state index contributed by atoms with van der Waals surface area (Å²) in [6, 6.07) is 11.9. The summed E-state index contributed by atoms with van der Waals surface area (Å²) in [4.78, 5) is 14.7. The first-order chi connectivity index (χ1) is 15.8. The molecule has 2 aromatic rings. The second kappa shape index (κ2) is 9.31. The van der Waals surface area contributed by atoms with Gasteiger partial charge in [0.2, 0.25) is 0 Å². The Morgan fingerprint density at radius 1 is 1.06 bits per heavy atom. The second-order valence-corrected chi connectivity index (χ2v) is 8.77. The van der Waals surface area contributed by atoms with E-state index >= 15 is 0 Å². The quantitative estimate of drug-likeness (QED) is 0.745. The normalized spacial score (nSPS) is 17.5. The highest BCUT2D eigenvalue weighted by Crippen LogP contribution is 2.34. The number of urea groups is 1. The van der Waals surface area contributed by atoms with Crippen LogP contribution in [0, 0.1) is 0 Å². The van der Waals surface area contributed by atoms with E-state index in [2.05, 4.69) is 22.3 Å². The van der Waals surface area contributed by atoms with Gasteiger partial charge in [0.05, 0.1) is 32.1 Å². The molecular formula is C25H32N4O4. The molecule has 2 heterocycles. The number of ether oxygens (including phenoxy) is 2. The minimum absolute atomic E-state index is 0.253. The SMILES string of the molecule is CNC(=O)N1CCc2cc(OC)c(OC)cc2C(c2ccc(N3CCC(C)(O)CC3)cc2)=N1. The van der Waals surface area contributed by atoms with Crippen LogP contribution in [0.25, 0.3) is 0 Å². The number of aliphatic hydroxyl groups is 1. The monoisotopic (exact) mass is 452 g/mol. The first-order valence-electron chi connectivity index (χ1n) is 11.3. The molecule has 0 bridgehead atoms. The third-order valence-electron chi connectivity index (χ3n) is 6.47. The molecule has 2 N–H and O–H groups in total. The van der Waals surface area contributed by atoms with Crippen molar-refractivity contribution in [3.63, 3.8) is 0 Å². The molecule has 8 heteroatoms. The average molecular weight is 453 g/mol. The van der Waals surface area contributed by atoms with E-state index in [0.29, 0.717) is 30.2 Å². The van der Waals surface area contributed by atoms with Crippen LogP contribution in [0.3, 0.4) is 0 Å². The van der Waals surface area contributed by atoms with Gasteiger partial charge in [-0.2, -0.15) is 5.10 Å². The van der Waals surface area contributed by atoms with Crippen molar-refractivity contribution in [2.45, 2.75) is 31.8 Å². The van der Waals surface area contributed by atoms with Gasteiger partial charge in [-0.3, -0.25) is 0 Å². The van der Waals surface area contributed by atoms with E-state index in [9.17, 15) is 9.90 Å². The van der Waals surface area contributed by atoms with Crippen molar-refractivity contribution in [1.82, 2.24) is 10.3 Å². The molecule has 0 saturated carbocycles. The third kappa shape index (κ3) is 4.75. The number of rotatable bonds is 4. The van der Waals surface area contributed by atoms with Crippen LogP contribution < -0.4 is 19.7 Å². The van der Waals surface area contributed by atoms with Crippen LogP contribution in [-0.2, 0) is 6.42 Å². The van der Waals surface area contributed by atoms with E-state index in [0.717, 1.165) is 48.3 Å². The molecule has 0 aromatic heterocycles. The number of amides is 2. The smallest absolute Gasteiger partial charge is 0.337 e. The maximum absolute atomic E-state index is 12.4. The van der Waals surface area contributed by atoms with Crippen LogP contribution in [0.1, 0.15) is 36.5 Å². The number of nitrogens with one attached hydrogen (secondary N) is 1. The third-order valence-corrected chi connectivity index (χ3v) is 6.47. The fourth-order valence-electron chi connectivity index (χ4n) is 4.37. The number of anilines is 1. The number of piperidine rings is 1. The van der Waals surface area contributed by atoms with E-state index in [1.807, 2.05) is 31.2 Å². The maximum atomic E-state index is 12.4. The molecule has 2 aliphatic heterocycles. The van der Waals surface area contributed by atoms with Gasteiger partial charge in [0.1, 0.15) is 0 Å². The van der Waals surface area contributed by atoms with Gasteiger partial charge in [-0.05, 0) is 56.0 Å². The van der Waals surface area contributed by atoms with E-state index in [-0.39, 0.29) is 6.03 Å². The number of hydrogen-bond acceptors (Lipinski definition) is 6. The highest BCUT2D eigenvalue weighted by Gasteiger charge is 2.28. The Hall–Kier alpha value is -3.26. The molecular weight excluding hydrogens is 420 g/mol. The molecule has 4 rings (SSSR count). The number of fused-ring (bicyclic) bond motifs is 1. The van der Waals surface area contributed by atoms with E-state index in [1.54, 1.807) is 21.3 Å². The van der Waals surface area contributed by atoms with Gasteiger partial charge in [0.25, 0.3) is 0 Å². The lowest BCUT2D eigenvalue weighted by Crippen LogP contribution is -2.42. The first-order valence-corrected chi connectivity index (χ1v) is 11.3. The Morgan fingerprint density at radius 3 is 2.30 bits per heavy atom. The highest BCUT2D eigenvalue weighted by atomic mass is 16.5. The molecule has 0 unspecified atom stereocenters. The van der Waals surface area contributed by atoms with Crippen molar-refractivity contribution in [1.29, 1.82) is 0 Å². The van der Waals surface area contributed by atoms with E-state index in [4.69, 9.17) is 14.6 Å². The lowest BCUT2D eigenvalue weighted by atomic mass is 9.93. The van der Waals surface area contributed by atoms with Gasteiger partial charge in [-0.15, -0.1) is 0 Å². The van der Waals surface area contributed by atoms with Gasteiger partial charge in [-0.1, -0.05) is 12.1 Å². The van der Waals surface area contributed by atoms with Crippen molar-refractivity contribution >= 4 is 17.4 Å². The fourth-order valence-corrected chi connectivity index (χ4v) is 4.37. The van der Waals surface area contributed by atoms with Crippen molar-refractivity contribution in [3.05, 3.63) is 53.1 Å². The lowest BCUT2D eigenvalue weighted by Gasteiger charge is -2.37. The number of nitrogens with zero attached hydrogens (tertiary/aromatic N) is 3. The summed E-state index contributed by atoms with van der Waals surface area (Å²) in [6.45, 7) is 3.99. The minimum atomic E-state index is -0.585. The zero-order valence-corrected chi connectivity index (χ0v) is 19.7. The zero-order valence-electron chi connectivity index (χ0n) is 19.7. The van der Waals surface area contributed by atoms with Crippen molar-refractivity contribution in [2.24, 2.45) is 5.10 Å². The number of benzene rings is 2. The molecule has 2 aromatic carbocycles. The number of carbonyl (C=O) groups is 1. The van der Waals surface area contributed by atoms with Crippen molar-refractivity contribution in [2.75, 3.05) is 45.8 Å². The summed E-state index contributed by atoms with van der Waals surface area (Å²) in [6.07, 6.45) is 2.14. The molecule has 8 nitrogen and oxygen atoms in total. The van der Waals surface area contributed by atoms with Crippen LogP contribution in [0.15, 0.2) is 41.5 Å². The standard InChI is InChI=1S/C25H32N4O4/c1-25(31)10-13-28(14-11-25)19-7-5-17(6-8-19)23-20-16-22(33-4)21(32-3)15-18(20)9-12-29(27-23)24(30)26-2/h5-8,15-16,31H,9-14H2,1-4H3,(H,26,30). The molecule has 0 spiro atoms. The molecule has 0 atom stereocenters. The minimum Gasteiger partial charge on any atom is -0.493 e. The number of carbonyl (C=O) groups excluding carboxylic acids is 1. The van der Waals surface area contributed by atoms with Crippen LogP contribution in [0.4, 0.5) is 10.5 Å². The predicted octanol–water partition coefficient (Wildman–Crippen LogP) is 3.00. The molecule has 33 heavy (non-hydrogen) atoms. The van der Waals surface area contributed by atoms with Crippen LogP contribution >= 0.6 is 0 Å². The average Bonchev–Trinajstić information content (AvgIpc) is 3.02. The van der Waals surface area contributed by atoms with Crippen LogP contribution in [0.2, 0.25) is 0 Å². The van der Waals surface area contributed by atoms with Gasteiger partial charge in [-0.25, -0.2) is 9.80 Å². The van der Waals surface area contributed by atoms with Gasteiger partial charge in [0.15, 0.2) is 11.5 Å². The summed E-state index contributed by atoms with van der Waals surface area (Å²) < 4.78 is 11.0. The first kappa shape index (κ1) is 22.9. The van der Waals surface area contributed by atoms with E-state index < -0.39 is 5.60 Å². The Balaban J connectivity index is 1.72. The summed E-state index contributed by atoms with van der Waals surface area (Å²) in [5, 5.41) is 19.1. The van der Waals surface area contributed by atoms with Crippen molar-refractivity contribution < 1.29 is 19.4 Å². The highest BCUT2D eigenvalue weighted by molar-refractivity contribution is 6.14.